The Balaban J connectivity index is 4.01. The molecule has 1 atom stereocenters. The van der Waals surface area contributed by atoms with Gasteiger partial charge in [-0.05, 0) is 83.5 Å². The van der Waals surface area contributed by atoms with Crippen LogP contribution in [0.5, 0.6) is 0 Å². The molecule has 0 N–H and O–H groups in total. The third-order valence-corrected chi connectivity index (χ3v) is 12.2. The molecule has 6 nitrogen and oxygen atoms in total. The third kappa shape index (κ3) is 53.7. The van der Waals surface area contributed by atoms with Crippen LogP contribution in [-0.4, -0.2) is 37.2 Å². The molecule has 0 aromatic rings. The van der Waals surface area contributed by atoms with Crippen LogP contribution in [0.1, 0.15) is 278 Å². The Hall–Kier alpha value is -3.15. The number of hydrogen-bond donors (Lipinski definition) is 0. The quantitative estimate of drug-likeness (QED) is 0.0262. The number of unbranched alkanes of at least 4 members (excludes halogenated alkanes) is 28. The third-order valence-electron chi connectivity index (χ3n) is 12.2. The van der Waals surface area contributed by atoms with Gasteiger partial charge in [0.05, 0.1) is 0 Å². The number of carbonyl (C=O) groups excluding carboxylic acids is 3. The Morgan fingerprint density at radius 3 is 0.985 bits per heavy atom. The van der Waals surface area contributed by atoms with Crippen LogP contribution < -0.4 is 0 Å². The van der Waals surface area contributed by atoms with E-state index >= 15 is 0 Å². The summed E-state index contributed by atoms with van der Waals surface area (Å²) >= 11 is 0. The number of esters is 3. The summed E-state index contributed by atoms with van der Waals surface area (Å²) in [4.78, 5) is 37.8. The van der Waals surface area contributed by atoms with E-state index in [4.69, 9.17) is 14.2 Å². The first kappa shape index (κ1) is 63.8. The van der Waals surface area contributed by atoms with Crippen molar-refractivity contribution in [3.63, 3.8) is 0 Å². The SMILES string of the molecule is CC/C=C\C/C=C\C/C=C\C/C=C\C/C=C\CCCCCCCCCCCCCCCCCC(=O)OCC(COC(=O)CCCCCCCCCC)OC(=O)CCCCCCC/C=C\CCC. The lowest BCUT2D eigenvalue weighted by Crippen LogP contribution is -2.30. The second kappa shape index (κ2) is 55.4. The van der Waals surface area contributed by atoms with Gasteiger partial charge in [0.15, 0.2) is 6.10 Å². The summed E-state index contributed by atoms with van der Waals surface area (Å²) in [5.41, 5.74) is 0. The van der Waals surface area contributed by atoms with Gasteiger partial charge in [0.25, 0.3) is 0 Å². The molecule has 1 unspecified atom stereocenters. The van der Waals surface area contributed by atoms with Gasteiger partial charge in [0.2, 0.25) is 0 Å². The van der Waals surface area contributed by atoms with Crippen LogP contribution in [0.2, 0.25) is 0 Å². The fourth-order valence-electron chi connectivity index (χ4n) is 7.94. The van der Waals surface area contributed by atoms with E-state index in [0.717, 1.165) is 109 Å². The molecule has 0 heterocycles. The Morgan fingerprint density at radius 1 is 0.313 bits per heavy atom. The smallest absolute Gasteiger partial charge is 0.306 e. The van der Waals surface area contributed by atoms with Crippen molar-refractivity contribution in [2.75, 3.05) is 13.2 Å². The van der Waals surface area contributed by atoms with Crippen molar-refractivity contribution in [3.05, 3.63) is 72.9 Å². The van der Waals surface area contributed by atoms with Crippen LogP contribution in [-0.2, 0) is 28.6 Å². The van der Waals surface area contributed by atoms with Gasteiger partial charge in [-0.1, -0.05) is 248 Å². The van der Waals surface area contributed by atoms with E-state index in [1.54, 1.807) is 0 Å². The summed E-state index contributed by atoms with van der Waals surface area (Å²) in [7, 11) is 0. The zero-order valence-electron chi connectivity index (χ0n) is 44.2. The van der Waals surface area contributed by atoms with Crippen molar-refractivity contribution in [1.29, 1.82) is 0 Å². The van der Waals surface area contributed by atoms with E-state index in [1.807, 2.05) is 0 Å². The molecule has 0 spiro atoms. The Kier molecular flexibility index (Phi) is 52.8. The molecule has 6 heteroatoms. The van der Waals surface area contributed by atoms with Gasteiger partial charge in [0, 0.05) is 19.3 Å². The monoisotopic (exact) mass is 935 g/mol. The summed E-state index contributed by atoms with van der Waals surface area (Å²) in [5.74, 6) is -0.886. The highest BCUT2D eigenvalue weighted by Crippen LogP contribution is 2.16. The topological polar surface area (TPSA) is 78.9 Å². The summed E-state index contributed by atoms with van der Waals surface area (Å²) in [6, 6.07) is 0. The first-order chi connectivity index (χ1) is 33.0. The first-order valence-corrected chi connectivity index (χ1v) is 28.4. The molecule has 67 heavy (non-hydrogen) atoms. The molecule has 0 aromatic heterocycles. The average Bonchev–Trinajstić information content (AvgIpc) is 3.33. The van der Waals surface area contributed by atoms with Crippen LogP contribution in [0.4, 0.5) is 0 Å². The number of hydrogen-bond acceptors (Lipinski definition) is 6. The van der Waals surface area contributed by atoms with Gasteiger partial charge in [-0.3, -0.25) is 14.4 Å². The summed E-state index contributed by atoms with van der Waals surface area (Å²) in [6.07, 6.45) is 70.7. The lowest BCUT2D eigenvalue weighted by atomic mass is 10.0. The van der Waals surface area contributed by atoms with Gasteiger partial charge in [0.1, 0.15) is 13.2 Å². The van der Waals surface area contributed by atoms with E-state index in [0.29, 0.717) is 19.3 Å². The minimum absolute atomic E-state index is 0.0755. The molecule has 0 rings (SSSR count). The molecule has 0 saturated heterocycles. The van der Waals surface area contributed by atoms with Crippen LogP contribution in [0, 0.1) is 0 Å². The van der Waals surface area contributed by atoms with E-state index in [1.165, 1.54) is 128 Å². The van der Waals surface area contributed by atoms with Gasteiger partial charge >= 0.3 is 17.9 Å². The van der Waals surface area contributed by atoms with Crippen LogP contribution >= 0.6 is 0 Å². The minimum atomic E-state index is -0.773. The molecule has 0 radical (unpaired) electrons. The molecule has 0 fully saturated rings. The molecular weight excluding hydrogens is 829 g/mol. The largest absolute Gasteiger partial charge is 0.462 e. The van der Waals surface area contributed by atoms with E-state index in [2.05, 4.69) is 93.7 Å². The van der Waals surface area contributed by atoms with Crippen molar-refractivity contribution in [3.8, 4) is 0 Å². The number of carbonyl (C=O) groups is 3. The molecule has 0 aromatic carbocycles. The highest BCUT2D eigenvalue weighted by atomic mass is 16.6. The predicted molar refractivity (Wildman–Crippen MR) is 288 cm³/mol. The van der Waals surface area contributed by atoms with Crippen molar-refractivity contribution < 1.29 is 28.6 Å². The minimum Gasteiger partial charge on any atom is -0.462 e. The molecule has 0 bridgehead atoms. The standard InChI is InChI=1S/C61H106O6/c1-4-7-10-13-16-19-21-22-23-24-25-26-27-28-29-30-31-32-33-34-35-36-37-38-39-40-41-43-45-48-51-54-60(63)66-57-58(56-65-59(62)53-50-47-44-18-15-12-9-6-3)67-61(64)55-52-49-46-42-20-17-14-11-8-5-2/h7,10-11,14,16,19,22-23,25-26,28-29,58H,4-6,8-9,12-13,15,17-18,20-21,24,27,30-57H2,1-3H3/b10-7-,14-11-,19-16-,23-22-,26-25-,29-28-. The predicted octanol–water partition coefficient (Wildman–Crippen LogP) is 19.0. The Labute approximate surface area is 414 Å². The number of rotatable bonds is 51. The first-order valence-electron chi connectivity index (χ1n) is 28.4. The molecule has 386 valence electrons. The Morgan fingerprint density at radius 2 is 0.612 bits per heavy atom. The lowest BCUT2D eigenvalue weighted by Gasteiger charge is -2.18. The summed E-state index contributed by atoms with van der Waals surface area (Å²) in [5, 5.41) is 0. The molecule has 0 saturated carbocycles. The van der Waals surface area contributed by atoms with E-state index in [-0.39, 0.29) is 31.1 Å². The second-order valence-corrected chi connectivity index (χ2v) is 18.8. The van der Waals surface area contributed by atoms with E-state index < -0.39 is 6.10 Å². The van der Waals surface area contributed by atoms with Gasteiger partial charge in [-0.25, -0.2) is 0 Å². The number of ether oxygens (including phenoxy) is 3. The zero-order valence-corrected chi connectivity index (χ0v) is 44.2. The molecular formula is C61H106O6. The van der Waals surface area contributed by atoms with Crippen molar-refractivity contribution in [1.82, 2.24) is 0 Å². The normalized spacial score (nSPS) is 12.6. The van der Waals surface area contributed by atoms with Gasteiger partial charge in [-0.2, -0.15) is 0 Å². The van der Waals surface area contributed by atoms with Crippen LogP contribution in [0.15, 0.2) is 72.9 Å². The molecule has 0 amide bonds. The maximum atomic E-state index is 12.7. The fraction of sp³-hybridized carbons (Fsp3) is 0.754. The van der Waals surface area contributed by atoms with Crippen molar-refractivity contribution in [2.45, 2.75) is 284 Å². The number of allylic oxidation sites excluding steroid dienone is 12. The van der Waals surface area contributed by atoms with Crippen molar-refractivity contribution in [2.24, 2.45) is 0 Å². The molecule has 0 aliphatic carbocycles. The summed E-state index contributed by atoms with van der Waals surface area (Å²) < 4.78 is 16.7. The molecule has 0 aliphatic rings. The highest BCUT2D eigenvalue weighted by molar-refractivity contribution is 5.71. The van der Waals surface area contributed by atoms with Crippen LogP contribution in [0.3, 0.4) is 0 Å². The Bertz CT molecular complexity index is 1260. The lowest BCUT2D eigenvalue weighted by molar-refractivity contribution is -0.167. The van der Waals surface area contributed by atoms with Crippen LogP contribution in [0.25, 0.3) is 0 Å². The van der Waals surface area contributed by atoms with Crippen molar-refractivity contribution >= 4 is 17.9 Å². The van der Waals surface area contributed by atoms with Gasteiger partial charge < -0.3 is 14.2 Å². The highest BCUT2D eigenvalue weighted by Gasteiger charge is 2.19. The zero-order chi connectivity index (χ0) is 48.6. The molecule has 0 aliphatic heterocycles. The summed E-state index contributed by atoms with van der Waals surface area (Å²) in [6.45, 7) is 6.43. The second-order valence-electron chi connectivity index (χ2n) is 18.8. The fourth-order valence-corrected chi connectivity index (χ4v) is 7.94. The van der Waals surface area contributed by atoms with Gasteiger partial charge in [-0.15, -0.1) is 0 Å². The maximum Gasteiger partial charge on any atom is 0.306 e. The van der Waals surface area contributed by atoms with E-state index in [9.17, 15) is 14.4 Å². The maximum absolute atomic E-state index is 12.7. The average molecular weight is 936 g/mol.